The number of hydrogen-bond donors (Lipinski definition) is 2. The summed E-state index contributed by atoms with van der Waals surface area (Å²) in [6.07, 6.45) is 3.65. The lowest BCUT2D eigenvalue weighted by atomic mass is 9.86. The van der Waals surface area contributed by atoms with Crippen molar-refractivity contribution in [2.75, 3.05) is 13.1 Å². The Morgan fingerprint density at radius 2 is 1.89 bits per heavy atom. The van der Waals surface area contributed by atoms with Gasteiger partial charge in [-0.25, -0.2) is 0 Å². The van der Waals surface area contributed by atoms with Crippen molar-refractivity contribution in [3.8, 4) is 0 Å². The first-order valence-electron chi connectivity index (χ1n) is 6.71. The monoisotopic (exact) mass is 255 g/mol. The second-order valence-electron chi connectivity index (χ2n) is 5.65. The van der Waals surface area contributed by atoms with Gasteiger partial charge in [-0.15, -0.1) is 0 Å². The molecule has 0 spiro atoms. The van der Waals surface area contributed by atoms with Gasteiger partial charge < -0.3 is 15.1 Å². The minimum atomic E-state index is -0.866. The van der Waals surface area contributed by atoms with Crippen molar-refractivity contribution in [3.63, 3.8) is 0 Å². The van der Waals surface area contributed by atoms with Crippen LogP contribution in [0.1, 0.15) is 39.0 Å². The highest BCUT2D eigenvalue weighted by Gasteiger charge is 2.47. The molecule has 0 aromatic heterocycles. The van der Waals surface area contributed by atoms with Gasteiger partial charge in [-0.05, 0) is 19.3 Å². The first kappa shape index (κ1) is 13.3. The highest BCUT2D eigenvalue weighted by Crippen LogP contribution is 2.36. The van der Waals surface area contributed by atoms with E-state index in [4.69, 9.17) is 5.11 Å². The van der Waals surface area contributed by atoms with Crippen molar-refractivity contribution in [2.45, 2.75) is 44.6 Å². The molecular formula is C13H21NO4. The Morgan fingerprint density at radius 3 is 2.44 bits per heavy atom. The second kappa shape index (κ2) is 4.88. The number of rotatable bonds is 4. The number of carbonyl (C=O) groups excluding carboxylic acids is 1. The van der Waals surface area contributed by atoms with Gasteiger partial charge in [0.15, 0.2) is 0 Å². The summed E-state index contributed by atoms with van der Waals surface area (Å²) in [5.41, 5.74) is -0.734. The lowest BCUT2D eigenvalue weighted by Gasteiger charge is -2.47. The number of likely N-dealkylation sites (tertiary alicyclic amines) is 1. The van der Waals surface area contributed by atoms with Gasteiger partial charge in [0, 0.05) is 0 Å². The molecule has 5 heteroatoms. The Morgan fingerprint density at radius 1 is 1.28 bits per heavy atom. The molecule has 2 atom stereocenters. The molecule has 5 nitrogen and oxygen atoms in total. The van der Waals surface area contributed by atoms with Crippen LogP contribution in [0.25, 0.3) is 0 Å². The van der Waals surface area contributed by atoms with Crippen LogP contribution in [0.4, 0.5) is 0 Å². The highest BCUT2D eigenvalue weighted by atomic mass is 16.4. The summed E-state index contributed by atoms with van der Waals surface area (Å²) in [5, 5.41) is 19.1. The molecule has 1 aliphatic carbocycles. The predicted molar refractivity (Wildman–Crippen MR) is 64.9 cm³/mol. The van der Waals surface area contributed by atoms with E-state index in [1.807, 2.05) is 6.92 Å². The van der Waals surface area contributed by atoms with E-state index in [2.05, 4.69) is 0 Å². The molecule has 1 saturated heterocycles. The largest absolute Gasteiger partial charge is 0.481 e. The first-order chi connectivity index (χ1) is 8.47. The Balaban J connectivity index is 1.92. The maximum Gasteiger partial charge on any atom is 0.307 e. The van der Waals surface area contributed by atoms with Gasteiger partial charge >= 0.3 is 5.97 Å². The minimum absolute atomic E-state index is 0.0827. The molecule has 2 rings (SSSR count). The van der Waals surface area contributed by atoms with Crippen molar-refractivity contribution in [3.05, 3.63) is 0 Å². The van der Waals surface area contributed by atoms with Gasteiger partial charge in [-0.3, -0.25) is 9.59 Å². The normalized spacial score (nSPS) is 30.0. The number of amides is 1. The summed E-state index contributed by atoms with van der Waals surface area (Å²) in [5.74, 6) is -1.86. The molecule has 0 aromatic carbocycles. The van der Waals surface area contributed by atoms with E-state index >= 15 is 0 Å². The zero-order valence-corrected chi connectivity index (χ0v) is 10.8. The second-order valence-corrected chi connectivity index (χ2v) is 5.65. The fourth-order valence-corrected chi connectivity index (χ4v) is 3.23. The fraction of sp³-hybridized carbons (Fsp3) is 0.846. The molecule has 2 aliphatic rings. The summed E-state index contributed by atoms with van der Waals surface area (Å²) in [4.78, 5) is 24.9. The van der Waals surface area contributed by atoms with Gasteiger partial charge in [0.25, 0.3) is 0 Å². The lowest BCUT2D eigenvalue weighted by molar-refractivity contribution is -0.164. The van der Waals surface area contributed by atoms with Crippen LogP contribution in [-0.2, 0) is 9.59 Å². The quantitative estimate of drug-likeness (QED) is 0.781. The van der Waals surface area contributed by atoms with E-state index in [0.29, 0.717) is 32.4 Å². The topological polar surface area (TPSA) is 77.8 Å². The van der Waals surface area contributed by atoms with E-state index in [1.54, 1.807) is 4.90 Å². The molecule has 0 radical (unpaired) electrons. The summed E-state index contributed by atoms with van der Waals surface area (Å²) < 4.78 is 0. The highest BCUT2D eigenvalue weighted by molar-refractivity contribution is 5.86. The van der Waals surface area contributed by atoms with Crippen LogP contribution >= 0.6 is 0 Å². The van der Waals surface area contributed by atoms with Gasteiger partial charge in [-0.1, -0.05) is 19.8 Å². The molecule has 0 bridgehead atoms. The van der Waals surface area contributed by atoms with E-state index in [9.17, 15) is 14.7 Å². The Hall–Kier alpha value is -1.10. The van der Waals surface area contributed by atoms with Gasteiger partial charge in [-0.2, -0.15) is 0 Å². The van der Waals surface area contributed by atoms with Crippen LogP contribution < -0.4 is 0 Å². The van der Waals surface area contributed by atoms with Gasteiger partial charge in [0.05, 0.1) is 30.5 Å². The maximum atomic E-state index is 12.2. The SMILES string of the molecule is CCCC1(O)CN(C(=O)[C@@H]2CCC[C@@H]2C(=O)O)C1. The number of carboxylic acids is 1. The number of hydrogen-bond acceptors (Lipinski definition) is 3. The van der Waals surface area contributed by atoms with Crippen LogP contribution in [0.5, 0.6) is 0 Å². The molecule has 1 heterocycles. The third-order valence-electron chi connectivity index (χ3n) is 4.15. The number of carbonyl (C=O) groups is 2. The Labute approximate surface area is 107 Å². The summed E-state index contributed by atoms with van der Waals surface area (Å²) in [7, 11) is 0. The summed E-state index contributed by atoms with van der Waals surface area (Å²) >= 11 is 0. The number of carboxylic acid groups (broad SMARTS) is 1. The van der Waals surface area contributed by atoms with Crippen LogP contribution in [0, 0.1) is 11.8 Å². The Kier molecular flexibility index (Phi) is 3.61. The van der Waals surface area contributed by atoms with Crippen LogP contribution in [0.3, 0.4) is 0 Å². The van der Waals surface area contributed by atoms with E-state index in [0.717, 1.165) is 12.8 Å². The van der Waals surface area contributed by atoms with E-state index in [-0.39, 0.29) is 11.8 Å². The van der Waals surface area contributed by atoms with Gasteiger partial charge in [0.2, 0.25) is 5.91 Å². The number of β-amino-alcohol motifs (C(OH)–C–C–N with tert-alkyl or cyclic N) is 1. The van der Waals surface area contributed by atoms with E-state index in [1.165, 1.54) is 0 Å². The fourth-order valence-electron chi connectivity index (χ4n) is 3.23. The zero-order chi connectivity index (χ0) is 13.3. The maximum absolute atomic E-state index is 12.2. The molecule has 0 unspecified atom stereocenters. The molecule has 2 N–H and O–H groups in total. The number of aliphatic carboxylic acids is 1. The van der Waals surface area contributed by atoms with Crippen molar-refractivity contribution >= 4 is 11.9 Å². The summed E-state index contributed by atoms with van der Waals surface area (Å²) in [6, 6.07) is 0. The number of aliphatic hydroxyl groups is 1. The predicted octanol–water partition coefficient (Wildman–Crippen LogP) is 0.861. The zero-order valence-electron chi connectivity index (χ0n) is 10.8. The van der Waals surface area contributed by atoms with Crippen LogP contribution in [-0.4, -0.2) is 45.7 Å². The van der Waals surface area contributed by atoms with Gasteiger partial charge in [0.1, 0.15) is 0 Å². The molecule has 1 amide bonds. The third-order valence-corrected chi connectivity index (χ3v) is 4.15. The average Bonchev–Trinajstić information content (AvgIpc) is 2.73. The molecule has 2 fully saturated rings. The van der Waals surface area contributed by atoms with Crippen molar-refractivity contribution < 1.29 is 19.8 Å². The molecule has 18 heavy (non-hydrogen) atoms. The minimum Gasteiger partial charge on any atom is -0.481 e. The number of nitrogens with zero attached hydrogens (tertiary/aromatic N) is 1. The van der Waals surface area contributed by atoms with Crippen molar-refractivity contribution in [1.82, 2.24) is 4.90 Å². The molecule has 1 aliphatic heterocycles. The first-order valence-corrected chi connectivity index (χ1v) is 6.71. The van der Waals surface area contributed by atoms with Crippen molar-refractivity contribution in [1.29, 1.82) is 0 Å². The van der Waals surface area contributed by atoms with Crippen LogP contribution in [0.2, 0.25) is 0 Å². The lowest BCUT2D eigenvalue weighted by Crippen LogP contribution is -2.64. The molecule has 1 saturated carbocycles. The standard InChI is InChI=1S/C13H21NO4/c1-2-6-13(18)7-14(8-13)11(15)9-4-3-5-10(9)12(16)17/h9-10,18H,2-8H2,1H3,(H,16,17)/t9-,10+/m1/s1. The summed E-state index contributed by atoms with van der Waals surface area (Å²) in [6.45, 7) is 2.73. The smallest absolute Gasteiger partial charge is 0.307 e. The Bertz CT molecular complexity index is 349. The average molecular weight is 255 g/mol. The van der Waals surface area contributed by atoms with Crippen molar-refractivity contribution in [2.24, 2.45) is 11.8 Å². The molecule has 102 valence electrons. The molecule has 0 aromatic rings. The van der Waals surface area contributed by atoms with Crippen LogP contribution in [0.15, 0.2) is 0 Å². The third kappa shape index (κ3) is 2.36. The van der Waals surface area contributed by atoms with E-state index < -0.39 is 17.5 Å². The molecular weight excluding hydrogens is 234 g/mol.